The van der Waals surface area contributed by atoms with Gasteiger partial charge in [0.2, 0.25) is 5.89 Å². The summed E-state index contributed by atoms with van der Waals surface area (Å²) in [6.45, 7) is 0.977. The standard InChI is InChI=1S/C29H30N4O4/c34-29(35)25(21-7-4-12-24(19-21)36-23-10-2-1-3-11-23)16-17-27-32-26(33-37-27)13-5-9-22-15-14-20-8-6-18-30-28(20)31-22/h1-4,7,10-12,14-15,19,25H,5-6,8-9,13,16-18H2,(H,30,31)(H,34,35). The van der Waals surface area contributed by atoms with Gasteiger partial charge in [-0.05, 0) is 73.6 Å². The minimum Gasteiger partial charge on any atom is -0.481 e. The Hall–Kier alpha value is -4.20. The number of aryl methyl sites for hydroxylation is 4. The highest BCUT2D eigenvalue weighted by Gasteiger charge is 2.22. The molecule has 0 fully saturated rings. The van der Waals surface area contributed by atoms with E-state index < -0.39 is 11.9 Å². The SMILES string of the molecule is O=C(O)C(CCc1nc(CCCc2ccc3c(n2)NCCC3)no1)c1cccc(Oc2ccccc2)c1. The van der Waals surface area contributed by atoms with Crippen LogP contribution >= 0.6 is 0 Å². The predicted molar refractivity (Wildman–Crippen MR) is 139 cm³/mol. The van der Waals surface area contributed by atoms with Gasteiger partial charge in [-0.3, -0.25) is 4.79 Å². The summed E-state index contributed by atoms with van der Waals surface area (Å²) < 4.78 is 11.3. The van der Waals surface area contributed by atoms with Crippen LogP contribution in [-0.4, -0.2) is 32.7 Å². The lowest BCUT2D eigenvalue weighted by Crippen LogP contribution is -2.14. The van der Waals surface area contributed by atoms with Crippen LogP contribution in [0.4, 0.5) is 5.82 Å². The number of para-hydroxylation sites is 1. The molecule has 5 rings (SSSR count). The maximum atomic E-state index is 12.0. The van der Waals surface area contributed by atoms with Gasteiger partial charge in [0.1, 0.15) is 17.3 Å². The number of carbonyl (C=O) groups is 1. The van der Waals surface area contributed by atoms with Crippen LogP contribution in [0.2, 0.25) is 0 Å². The molecule has 190 valence electrons. The molecule has 1 aliphatic heterocycles. The summed E-state index contributed by atoms with van der Waals surface area (Å²) in [5.41, 5.74) is 3.01. The number of anilines is 1. The average molecular weight is 499 g/mol. The monoisotopic (exact) mass is 498 g/mol. The van der Waals surface area contributed by atoms with Gasteiger partial charge in [0.05, 0.1) is 5.92 Å². The van der Waals surface area contributed by atoms with E-state index in [4.69, 9.17) is 14.2 Å². The summed E-state index contributed by atoms with van der Waals surface area (Å²) in [6.07, 6.45) is 5.33. The molecule has 2 aromatic heterocycles. The molecule has 37 heavy (non-hydrogen) atoms. The second-order valence-corrected chi connectivity index (χ2v) is 9.22. The molecule has 1 atom stereocenters. The number of carboxylic acid groups (broad SMARTS) is 1. The lowest BCUT2D eigenvalue weighted by molar-refractivity contribution is -0.139. The number of ether oxygens (including phenoxy) is 1. The Kier molecular flexibility index (Phi) is 7.74. The predicted octanol–water partition coefficient (Wildman–Crippen LogP) is 5.59. The number of aromatic nitrogens is 3. The third-order valence-corrected chi connectivity index (χ3v) is 6.48. The van der Waals surface area contributed by atoms with Crippen molar-refractivity contribution in [1.82, 2.24) is 15.1 Å². The number of pyridine rings is 1. The maximum absolute atomic E-state index is 12.0. The topological polar surface area (TPSA) is 110 Å². The lowest BCUT2D eigenvalue weighted by atomic mass is 9.94. The molecule has 4 aromatic rings. The van der Waals surface area contributed by atoms with E-state index in [0.29, 0.717) is 48.0 Å². The molecule has 0 spiro atoms. The zero-order valence-corrected chi connectivity index (χ0v) is 20.6. The highest BCUT2D eigenvalue weighted by atomic mass is 16.5. The van der Waals surface area contributed by atoms with E-state index in [0.717, 1.165) is 43.7 Å². The summed E-state index contributed by atoms with van der Waals surface area (Å²) in [5, 5.41) is 17.3. The quantitative estimate of drug-likeness (QED) is 0.275. The molecule has 3 heterocycles. The Balaban J connectivity index is 1.14. The maximum Gasteiger partial charge on any atom is 0.310 e. The second-order valence-electron chi connectivity index (χ2n) is 9.22. The average Bonchev–Trinajstić information content (AvgIpc) is 3.37. The van der Waals surface area contributed by atoms with Crippen molar-refractivity contribution in [2.75, 3.05) is 11.9 Å². The van der Waals surface area contributed by atoms with Gasteiger partial charge in [-0.1, -0.05) is 41.6 Å². The Morgan fingerprint density at radius 2 is 1.86 bits per heavy atom. The molecule has 0 radical (unpaired) electrons. The van der Waals surface area contributed by atoms with E-state index in [1.165, 1.54) is 5.56 Å². The molecular weight excluding hydrogens is 468 g/mol. The fourth-order valence-electron chi connectivity index (χ4n) is 4.55. The molecule has 0 amide bonds. The number of aliphatic carboxylic acids is 1. The van der Waals surface area contributed by atoms with Crippen molar-refractivity contribution in [3.05, 3.63) is 95.3 Å². The normalized spacial score (nSPS) is 13.4. The van der Waals surface area contributed by atoms with Crippen molar-refractivity contribution in [3.63, 3.8) is 0 Å². The number of hydrogen-bond acceptors (Lipinski definition) is 7. The Morgan fingerprint density at radius 1 is 1.00 bits per heavy atom. The minimum absolute atomic E-state index is 0.345. The van der Waals surface area contributed by atoms with E-state index in [1.54, 1.807) is 12.1 Å². The number of carboxylic acids is 1. The van der Waals surface area contributed by atoms with Crippen LogP contribution in [0, 0.1) is 0 Å². The Morgan fingerprint density at radius 3 is 2.73 bits per heavy atom. The van der Waals surface area contributed by atoms with Gasteiger partial charge in [-0.25, -0.2) is 4.98 Å². The van der Waals surface area contributed by atoms with Gasteiger partial charge in [0.25, 0.3) is 0 Å². The zero-order chi connectivity index (χ0) is 25.5. The third kappa shape index (κ3) is 6.52. The van der Waals surface area contributed by atoms with Crippen LogP contribution in [0.1, 0.15) is 53.7 Å². The summed E-state index contributed by atoms with van der Waals surface area (Å²) >= 11 is 0. The molecule has 2 N–H and O–H groups in total. The lowest BCUT2D eigenvalue weighted by Gasteiger charge is -2.17. The van der Waals surface area contributed by atoms with E-state index >= 15 is 0 Å². The summed E-state index contributed by atoms with van der Waals surface area (Å²) in [4.78, 5) is 21.3. The second kappa shape index (κ2) is 11.7. The van der Waals surface area contributed by atoms with Crippen LogP contribution in [0.3, 0.4) is 0 Å². The summed E-state index contributed by atoms with van der Waals surface area (Å²) in [5.74, 6) is 1.78. The highest BCUT2D eigenvalue weighted by molar-refractivity contribution is 5.76. The zero-order valence-electron chi connectivity index (χ0n) is 20.6. The van der Waals surface area contributed by atoms with Crippen LogP contribution in [0.25, 0.3) is 0 Å². The number of nitrogens with zero attached hydrogens (tertiary/aromatic N) is 3. The van der Waals surface area contributed by atoms with Crippen molar-refractivity contribution in [1.29, 1.82) is 0 Å². The Labute approximate surface area is 215 Å². The fraction of sp³-hybridized carbons (Fsp3) is 0.310. The number of hydrogen-bond donors (Lipinski definition) is 2. The number of fused-ring (bicyclic) bond motifs is 1. The number of rotatable bonds is 11. The van der Waals surface area contributed by atoms with Crippen molar-refractivity contribution in [2.45, 2.75) is 50.9 Å². The first kappa shape index (κ1) is 24.5. The van der Waals surface area contributed by atoms with E-state index in [1.807, 2.05) is 42.5 Å². The van der Waals surface area contributed by atoms with Gasteiger partial charge in [0, 0.05) is 25.1 Å². The van der Waals surface area contributed by atoms with Crippen LogP contribution < -0.4 is 10.1 Å². The molecule has 8 nitrogen and oxygen atoms in total. The van der Waals surface area contributed by atoms with Crippen LogP contribution in [0.5, 0.6) is 11.5 Å². The van der Waals surface area contributed by atoms with Crippen molar-refractivity contribution in [2.24, 2.45) is 0 Å². The van der Waals surface area contributed by atoms with E-state index in [-0.39, 0.29) is 0 Å². The number of benzene rings is 2. The molecule has 0 saturated heterocycles. The first-order valence-corrected chi connectivity index (χ1v) is 12.7. The Bertz CT molecular complexity index is 1340. The summed E-state index contributed by atoms with van der Waals surface area (Å²) in [6, 6.07) is 20.9. The molecule has 1 aliphatic rings. The molecule has 0 saturated carbocycles. The first-order chi connectivity index (χ1) is 18.1. The molecule has 8 heteroatoms. The molecule has 2 aromatic carbocycles. The fourth-order valence-corrected chi connectivity index (χ4v) is 4.55. The largest absolute Gasteiger partial charge is 0.481 e. The van der Waals surface area contributed by atoms with Gasteiger partial charge in [-0.15, -0.1) is 0 Å². The van der Waals surface area contributed by atoms with Crippen LogP contribution in [0.15, 0.2) is 71.3 Å². The van der Waals surface area contributed by atoms with E-state index in [2.05, 4.69) is 27.6 Å². The van der Waals surface area contributed by atoms with Gasteiger partial charge >= 0.3 is 5.97 Å². The third-order valence-electron chi connectivity index (χ3n) is 6.48. The number of nitrogens with one attached hydrogen (secondary N) is 1. The van der Waals surface area contributed by atoms with Crippen molar-refractivity contribution in [3.8, 4) is 11.5 Å². The van der Waals surface area contributed by atoms with Gasteiger partial charge in [0.15, 0.2) is 5.82 Å². The van der Waals surface area contributed by atoms with Crippen LogP contribution in [-0.2, 0) is 30.5 Å². The molecule has 1 unspecified atom stereocenters. The van der Waals surface area contributed by atoms with Crippen molar-refractivity contribution >= 4 is 11.8 Å². The van der Waals surface area contributed by atoms with Gasteiger partial charge < -0.3 is 19.7 Å². The molecule has 0 bridgehead atoms. The summed E-state index contributed by atoms with van der Waals surface area (Å²) in [7, 11) is 0. The minimum atomic E-state index is -0.899. The van der Waals surface area contributed by atoms with Crippen molar-refractivity contribution < 1.29 is 19.2 Å². The molecule has 0 aliphatic carbocycles. The molecular formula is C29H30N4O4. The first-order valence-electron chi connectivity index (χ1n) is 12.7. The van der Waals surface area contributed by atoms with E-state index in [9.17, 15) is 9.90 Å². The smallest absolute Gasteiger partial charge is 0.310 e. The van der Waals surface area contributed by atoms with Gasteiger partial charge in [-0.2, -0.15) is 4.98 Å². The highest BCUT2D eigenvalue weighted by Crippen LogP contribution is 2.28.